The minimum Gasteiger partial charge on any atom is -0.459 e. The number of furan rings is 1. The van der Waals surface area contributed by atoms with Crippen molar-refractivity contribution in [1.29, 1.82) is 0 Å². The monoisotopic (exact) mass is 269 g/mol. The van der Waals surface area contributed by atoms with Gasteiger partial charge in [-0.15, -0.1) is 11.8 Å². The first kappa shape index (κ1) is 12.2. The van der Waals surface area contributed by atoms with Crippen LogP contribution in [0.15, 0.2) is 63.9 Å². The van der Waals surface area contributed by atoms with E-state index >= 15 is 0 Å². The molecule has 0 unspecified atom stereocenters. The molecule has 3 rings (SSSR count). The van der Waals surface area contributed by atoms with Gasteiger partial charge in [-0.25, -0.2) is 0 Å². The van der Waals surface area contributed by atoms with Gasteiger partial charge in [-0.3, -0.25) is 0 Å². The van der Waals surface area contributed by atoms with Gasteiger partial charge in [-0.05, 0) is 36.6 Å². The van der Waals surface area contributed by atoms with Crippen molar-refractivity contribution in [1.82, 2.24) is 0 Å². The lowest BCUT2D eigenvalue weighted by Crippen LogP contribution is -1.97. The molecule has 0 bridgehead atoms. The normalized spacial score (nSPS) is 10.8. The molecular weight excluding hydrogens is 254 g/mol. The van der Waals surface area contributed by atoms with Crippen molar-refractivity contribution in [3.63, 3.8) is 0 Å². The molecule has 0 aliphatic carbocycles. The molecule has 0 amide bonds. The number of anilines is 1. The van der Waals surface area contributed by atoms with Crippen LogP contribution in [0.4, 0.5) is 5.69 Å². The first-order chi connectivity index (χ1) is 9.35. The van der Waals surface area contributed by atoms with Gasteiger partial charge in [0, 0.05) is 16.0 Å². The molecule has 96 valence electrons. The Bertz CT molecular complexity index is 657. The number of para-hydroxylation sites is 1. The van der Waals surface area contributed by atoms with E-state index in [4.69, 9.17) is 4.42 Å². The van der Waals surface area contributed by atoms with E-state index < -0.39 is 0 Å². The molecule has 0 aliphatic rings. The molecule has 3 aromatic rings. The van der Waals surface area contributed by atoms with E-state index in [1.807, 2.05) is 18.2 Å². The summed E-state index contributed by atoms with van der Waals surface area (Å²) in [4.78, 5) is 1.26. The number of hydrogen-bond donors (Lipinski definition) is 1. The van der Waals surface area contributed by atoms with E-state index in [0.717, 1.165) is 22.4 Å². The molecule has 2 aromatic carbocycles. The third-order valence-corrected chi connectivity index (χ3v) is 3.74. The highest BCUT2D eigenvalue weighted by atomic mass is 32.2. The number of benzene rings is 2. The third-order valence-electron chi connectivity index (χ3n) is 3.01. The highest BCUT2D eigenvalue weighted by Gasteiger charge is 2.02. The van der Waals surface area contributed by atoms with Crippen LogP contribution in [0.2, 0.25) is 0 Å². The molecular formula is C16H15NOS. The van der Waals surface area contributed by atoms with Crippen LogP contribution < -0.4 is 5.32 Å². The summed E-state index contributed by atoms with van der Waals surface area (Å²) in [6.45, 7) is 0.701. The lowest BCUT2D eigenvalue weighted by Gasteiger charge is -2.05. The Morgan fingerprint density at radius 1 is 1.05 bits per heavy atom. The Labute approximate surface area is 116 Å². The largest absolute Gasteiger partial charge is 0.459 e. The molecule has 2 nitrogen and oxygen atoms in total. The van der Waals surface area contributed by atoms with Gasteiger partial charge >= 0.3 is 0 Å². The topological polar surface area (TPSA) is 25.2 Å². The first-order valence-corrected chi connectivity index (χ1v) is 7.43. The van der Waals surface area contributed by atoms with Crippen molar-refractivity contribution in [2.24, 2.45) is 0 Å². The zero-order chi connectivity index (χ0) is 13.1. The highest BCUT2D eigenvalue weighted by Crippen LogP contribution is 2.22. The van der Waals surface area contributed by atoms with Crippen LogP contribution in [0, 0.1) is 0 Å². The van der Waals surface area contributed by atoms with Crippen molar-refractivity contribution in [2.45, 2.75) is 11.4 Å². The minimum atomic E-state index is 0.701. The molecule has 0 radical (unpaired) electrons. The smallest absolute Gasteiger partial charge is 0.134 e. The van der Waals surface area contributed by atoms with Crippen molar-refractivity contribution >= 4 is 28.4 Å². The van der Waals surface area contributed by atoms with E-state index in [-0.39, 0.29) is 0 Å². The van der Waals surface area contributed by atoms with Crippen molar-refractivity contribution in [3.8, 4) is 0 Å². The standard InChI is InChI=1S/C16H15NOS/c1-19-15-7-4-6-13(10-15)17-11-14-9-12-5-2-3-8-16(12)18-14/h2-10,17H,11H2,1H3. The van der Waals surface area contributed by atoms with Crippen LogP contribution in [0.3, 0.4) is 0 Å². The number of fused-ring (bicyclic) bond motifs is 1. The predicted molar refractivity (Wildman–Crippen MR) is 81.8 cm³/mol. The number of thioether (sulfide) groups is 1. The van der Waals surface area contributed by atoms with Crippen LogP contribution in [-0.4, -0.2) is 6.26 Å². The fourth-order valence-corrected chi connectivity index (χ4v) is 2.51. The van der Waals surface area contributed by atoms with E-state index in [2.05, 4.69) is 48.0 Å². The maximum absolute atomic E-state index is 5.78. The molecule has 1 heterocycles. The second kappa shape index (κ2) is 5.41. The summed E-state index contributed by atoms with van der Waals surface area (Å²) in [5.41, 5.74) is 2.06. The predicted octanol–water partition coefficient (Wildman–Crippen LogP) is 4.77. The summed E-state index contributed by atoms with van der Waals surface area (Å²) in [6.07, 6.45) is 2.08. The zero-order valence-electron chi connectivity index (χ0n) is 10.7. The number of nitrogens with one attached hydrogen (secondary N) is 1. The van der Waals surface area contributed by atoms with Crippen LogP contribution in [0.5, 0.6) is 0 Å². The van der Waals surface area contributed by atoms with Gasteiger partial charge in [0.25, 0.3) is 0 Å². The Hall–Kier alpha value is -1.87. The van der Waals surface area contributed by atoms with E-state index in [9.17, 15) is 0 Å². The molecule has 0 atom stereocenters. The number of hydrogen-bond acceptors (Lipinski definition) is 3. The van der Waals surface area contributed by atoms with E-state index in [1.54, 1.807) is 11.8 Å². The van der Waals surface area contributed by atoms with Crippen LogP contribution in [0.25, 0.3) is 11.0 Å². The lowest BCUT2D eigenvalue weighted by atomic mass is 10.2. The quantitative estimate of drug-likeness (QED) is 0.691. The summed E-state index contributed by atoms with van der Waals surface area (Å²) in [6, 6.07) is 18.5. The van der Waals surface area contributed by atoms with E-state index in [1.165, 1.54) is 4.90 Å². The molecule has 0 saturated heterocycles. The maximum Gasteiger partial charge on any atom is 0.134 e. The number of rotatable bonds is 4. The van der Waals surface area contributed by atoms with Gasteiger partial charge in [0.2, 0.25) is 0 Å². The van der Waals surface area contributed by atoms with Crippen molar-refractivity contribution in [2.75, 3.05) is 11.6 Å². The molecule has 0 spiro atoms. The molecule has 0 aliphatic heterocycles. The molecule has 0 saturated carbocycles. The van der Waals surface area contributed by atoms with Crippen LogP contribution in [0.1, 0.15) is 5.76 Å². The van der Waals surface area contributed by atoms with Gasteiger partial charge in [0.05, 0.1) is 6.54 Å². The molecule has 3 heteroatoms. The van der Waals surface area contributed by atoms with Crippen molar-refractivity contribution < 1.29 is 4.42 Å². The van der Waals surface area contributed by atoms with E-state index in [0.29, 0.717) is 6.54 Å². The third kappa shape index (κ3) is 2.76. The lowest BCUT2D eigenvalue weighted by molar-refractivity contribution is 0.559. The second-order valence-electron chi connectivity index (χ2n) is 4.34. The summed E-state index contributed by atoms with van der Waals surface area (Å²) in [7, 11) is 0. The van der Waals surface area contributed by atoms with Gasteiger partial charge in [-0.1, -0.05) is 24.3 Å². The van der Waals surface area contributed by atoms with Gasteiger partial charge in [-0.2, -0.15) is 0 Å². The summed E-state index contributed by atoms with van der Waals surface area (Å²) < 4.78 is 5.78. The maximum atomic E-state index is 5.78. The average Bonchev–Trinajstić information content (AvgIpc) is 2.88. The summed E-state index contributed by atoms with van der Waals surface area (Å²) >= 11 is 1.75. The van der Waals surface area contributed by atoms with Crippen LogP contribution >= 0.6 is 11.8 Å². The molecule has 0 fully saturated rings. The molecule has 19 heavy (non-hydrogen) atoms. The fraction of sp³-hybridized carbons (Fsp3) is 0.125. The van der Waals surface area contributed by atoms with Gasteiger partial charge in [0.15, 0.2) is 0 Å². The Kier molecular flexibility index (Phi) is 3.47. The van der Waals surface area contributed by atoms with Gasteiger partial charge < -0.3 is 9.73 Å². The van der Waals surface area contributed by atoms with Crippen LogP contribution in [-0.2, 0) is 6.54 Å². The highest BCUT2D eigenvalue weighted by molar-refractivity contribution is 7.98. The Morgan fingerprint density at radius 3 is 2.79 bits per heavy atom. The average molecular weight is 269 g/mol. The Morgan fingerprint density at radius 2 is 1.95 bits per heavy atom. The Balaban J connectivity index is 1.74. The van der Waals surface area contributed by atoms with Crippen molar-refractivity contribution in [3.05, 3.63) is 60.4 Å². The molecule has 1 N–H and O–H groups in total. The SMILES string of the molecule is CSc1cccc(NCc2cc3ccccc3o2)c1. The minimum absolute atomic E-state index is 0.701. The zero-order valence-corrected chi connectivity index (χ0v) is 11.5. The first-order valence-electron chi connectivity index (χ1n) is 6.20. The van der Waals surface area contributed by atoms with Gasteiger partial charge in [0.1, 0.15) is 11.3 Å². The fourth-order valence-electron chi connectivity index (χ4n) is 2.05. The summed E-state index contributed by atoms with van der Waals surface area (Å²) in [5, 5.41) is 4.54. The summed E-state index contributed by atoms with van der Waals surface area (Å²) in [5.74, 6) is 0.954. The second-order valence-corrected chi connectivity index (χ2v) is 5.22. The molecule has 1 aromatic heterocycles.